The average molecular weight is 478 g/mol. The lowest BCUT2D eigenvalue weighted by Gasteiger charge is -2.49. The van der Waals surface area contributed by atoms with Crippen LogP contribution >= 0.6 is 0 Å². The standard InChI is InChI=1S/C25H26F4N2O3/c1-34-22-17(8-5-9-19(22)26)18-15-30-20(32)14-24(18)10-12-31(13-11-24)23(33)21(25(27,28)29)16-6-3-2-4-7-16/h2-9,18,21H,10-15H2,1H3,(H,30,32). The Bertz CT molecular complexity index is 1050. The molecule has 2 aromatic carbocycles. The summed E-state index contributed by atoms with van der Waals surface area (Å²) in [5, 5.41) is 2.82. The van der Waals surface area contributed by atoms with Gasteiger partial charge in [-0.05, 0) is 29.9 Å². The Morgan fingerprint density at radius 2 is 1.79 bits per heavy atom. The Kier molecular flexibility index (Phi) is 6.55. The van der Waals surface area contributed by atoms with E-state index in [0.717, 1.165) is 0 Å². The smallest absolute Gasteiger partial charge is 0.404 e. The molecule has 2 unspecified atom stereocenters. The Balaban J connectivity index is 1.59. The third kappa shape index (κ3) is 4.48. The second kappa shape index (κ2) is 9.27. The maximum absolute atomic E-state index is 14.4. The number of nitrogens with one attached hydrogen (secondary N) is 1. The van der Waals surface area contributed by atoms with E-state index in [9.17, 15) is 27.2 Å². The van der Waals surface area contributed by atoms with E-state index < -0.39 is 29.2 Å². The second-order valence-electron chi connectivity index (χ2n) is 8.97. The van der Waals surface area contributed by atoms with Crippen LogP contribution in [0.15, 0.2) is 48.5 Å². The number of halogens is 4. The number of nitrogens with zero attached hydrogens (tertiary/aromatic N) is 1. The summed E-state index contributed by atoms with van der Waals surface area (Å²) in [6, 6.07) is 11.8. The Morgan fingerprint density at radius 3 is 2.41 bits per heavy atom. The zero-order chi connectivity index (χ0) is 24.5. The number of hydrogen-bond donors (Lipinski definition) is 1. The van der Waals surface area contributed by atoms with Gasteiger partial charge in [0, 0.05) is 37.5 Å². The predicted molar refractivity (Wildman–Crippen MR) is 117 cm³/mol. The molecule has 2 aromatic rings. The van der Waals surface area contributed by atoms with Gasteiger partial charge in [-0.2, -0.15) is 13.2 Å². The number of benzene rings is 2. The number of carbonyl (C=O) groups excluding carboxylic acids is 2. The molecule has 1 spiro atoms. The van der Waals surface area contributed by atoms with Gasteiger partial charge in [0.05, 0.1) is 7.11 Å². The number of rotatable bonds is 4. The van der Waals surface area contributed by atoms with E-state index in [1.54, 1.807) is 18.2 Å². The van der Waals surface area contributed by atoms with Crippen LogP contribution in [-0.2, 0) is 9.59 Å². The normalized spacial score (nSPS) is 21.1. The fourth-order valence-electron chi connectivity index (χ4n) is 5.39. The van der Waals surface area contributed by atoms with Gasteiger partial charge in [-0.25, -0.2) is 4.39 Å². The van der Waals surface area contributed by atoms with Crippen molar-refractivity contribution in [2.45, 2.75) is 37.3 Å². The maximum atomic E-state index is 14.4. The molecule has 9 heteroatoms. The molecule has 2 aliphatic heterocycles. The number of hydrogen-bond acceptors (Lipinski definition) is 3. The molecule has 0 aliphatic carbocycles. The van der Waals surface area contributed by atoms with E-state index in [0.29, 0.717) is 18.4 Å². The highest BCUT2D eigenvalue weighted by Gasteiger charge is 2.51. The lowest BCUT2D eigenvalue weighted by atomic mass is 9.62. The highest BCUT2D eigenvalue weighted by molar-refractivity contribution is 5.85. The number of piperidine rings is 2. The van der Waals surface area contributed by atoms with Crippen LogP contribution in [0.2, 0.25) is 0 Å². The molecule has 0 bridgehead atoms. The molecule has 2 fully saturated rings. The quantitative estimate of drug-likeness (QED) is 0.663. The van der Waals surface area contributed by atoms with Crippen molar-refractivity contribution in [3.63, 3.8) is 0 Å². The summed E-state index contributed by atoms with van der Waals surface area (Å²) in [6.07, 6.45) is -3.91. The SMILES string of the molecule is COc1c(F)cccc1C1CNC(=O)CC12CCN(C(=O)C(c1ccccc1)C(F)(F)F)CC2. The summed E-state index contributed by atoms with van der Waals surface area (Å²) in [5.74, 6) is -4.10. The maximum Gasteiger partial charge on any atom is 0.404 e. The number of para-hydroxylation sites is 1. The van der Waals surface area contributed by atoms with Gasteiger partial charge in [0.2, 0.25) is 11.8 Å². The number of carbonyl (C=O) groups is 2. The molecular weight excluding hydrogens is 452 g/mol. The third-order valence-corrected chi connectivity index (χ3v) is 7.11. The molecule has 2 atom stereocenters. The summed E-state index contributed by atoms with van der Waals surface area (Å²) in [4.78, 5) is 26.6. The van der Waals surface area contributed by atoms with Crippen LogP contribution in [0.1, 0.15) is 42.2 Å². The van der Waals surface area contributed by atoms with Gasteiger partial charge in [0.1, 0.15) is 0 Å². The fraction of sp³-hybridized carbons (Fsp3) is 0.440. The Morgan fingerprint density at radius 1 is 1.12 bits per heavy atom. The summed E-state index contributed by atoms with van der Waals surface area (Å²) in [7, 11) is 1.37. The minimum absolute atomic E-state index is 0.0830. The van der Waals surface area contributed by atoms with Crippen molar-refractivity contribution in [1.82, 2.24) is 10.2 Å². The van der Waals surface area contributed by atoms with Crippen LogP contribution in [0.4, 0.5) is 17.6 Å². The molecule has 0 aromatic heterocycles. The summed E-state index contributed by atoms with van der Waals surface area (Å²) in [6.45, 7) is 0.432. The van der Waals surface area contributed by atoms with Crippen molar-refractivity contribution < 1.29 is 31.9 Å². The zero-order valence-corrected chi connectivity index (χ0v) is 18.7. The first-order valence-corrected chi connectivity index (χ1v) is 11.2. The lowest BCUT2D eigenvalue weighted by molar-refractivity contribution is -0.173. The van der Waals surface area contributed by atoms with Crippen molar-refractivity contribution in [3.05, 3.63) is 65.5 Å². The van der Waals surface area contributed by atoms with Gasteiger partial charge in [0.25, 0.3) is 0 Å². The van der Waals surface area contributed by atoms with Crippen molar-refractivity contribution in [1.29, 1.82) is 0 Å². The Labute approximate surface area is 195 Å². The monoisotopic (exact) mass is 478 g/mol. The lowest BCUT2D eigenvalue weighted by Crippen LogP contribution is -2.54. The highest BCUT2D eigenvalue weighted by atomic mass is 19.4. The van der Waals surface area contributed by atoms with Gasteiger partial charge in [-0.1, -0.05) is 42.5 Å². The van der Waals surface area contributed by atoms with Gasteiger partial charge in [-0.3, -0.25) is 9.59 Å². The summed E-state index contributed by atoms with van der Waals surface area (Å²) >= 11 is 0. The van der Waals surface area contributed by atoms with E-state index in [-0.39, 0.29) is 49.2 Å². The van der Waals surface area contributed by atoms with Crippen LogP contribution < -0.4 is 10.1 Å². The van der Waals surface area contributed by atoms with Crippen LogP contribution in [0, 0.1) is 11.2 Å². The fourth-order valence-corrected chi connectivity index (χ4v) is 5.39. The van der Waals surface area contributed by atoms with Gasteiger partial charge in [-0.15, -0.1) is 0 Å². The van der Waals surface area contributed by atoms with Crippen molar-refractivity contribution in [2.75, 3.05) is 26.7 Å². The summed E-state index contributed by atoms with van der Waals surface area (Å²) in [5.41, 5.74) is -0.0971. The molecule has 2 aliphatic rings. The highest BCUT2D eigenvalue weighted by Crippen LogP contribution is 2.51. The molecule has 0 saturated carbocycles. The first kappa shape index (κ1) is 24.0. The topological polar surface area (TPSA) is 58.6 Å². The van der Waals surface area contributed by atoms with Crippen LogP contribution in [0.3, 0.4) is 0 Å². The molecule has 34 heavy (non-hydrogen) atoms. The van der Waals surface area contributed by atoms with Crippen molar-refractivity contribution in [2.24, 2.45) is 5.41 Å². The van der Waals surface area contributed by atoms with Crippen molar-refractivity contribution >= 4 is 11.8 Å². The third-order valence-electron chi connectivity index (χ3n) is 7.11. The average Bonchev–Trinajstić information content (AvgIpc) is 2.79. The van der Waals surface area contributed by atoms with E-state index in [4.69, 9.17) is 4.74 Å². The van der Waals surface area contributed by atoms with Crippen molar-refractivity contribution in [3.8, 4) is 5.75 Å². The largest absolute Gasteiger partial charge is 0.493 e. The Hall–Kier alpha value is -3.10. The molecule has 182 valence electrons. The van der Waals surface area contributed by atoms with Gasteiger partial charge >= 0.3 is 6.18 Å². The van der Waals surface area contributed by atoms with E-state index in [1.165, 1.54) is 42.3 Å². The van der Waals surface area contributed by atoms with E-state index in [2.05, 4.69) is 5.32 Å². The molecule has 1 N–H and O–H groups in total. The van der Waals surface area contributed by atoms with Crippen LogP contribution in [0.5, 0.6) is 5.75 Å². The first-order chi connectivity index (χ1) is 16.2. The van der Waals surface area contributed by atoms with E-state index >= 15 is 0 Å². The molecule has 2 heterocycles. The number of methoxy groups -OCH3 is 1. The molecule has 2 amide bonds. The minimum atomic E-state index is -4.73. The molecule has 0 radical (unpaired) electrons. The molecular formula is C25H26F4N2O3. The second-order valence-corrected chi connectivity index (χ2v) is 8.97. The van der Waals surface area contributed by atoms with Crippen LogP contribution in [0.25, 0.3) is 0 Å². The molecule has 4 rings (SSSR count). The number of likely N-dealkylation sites (tertiary alicyclic amines) is 1. The summed E-state index contributed by atoms with van der Waals surface area (Å²) < 4.78 is 61.3. The number of amides is 2. The minimum Gasteiger partial charge on any atom is -0.493 e. The molecule has 5 nitrogen and oxygen atoms in total. The number of ether oxygens (including phenoxy) is 1. The molecule has 2 saturated heterocycles. The van der Waals surface area contributed by atoms with Gasteiger partial charge in [0.15, 0.2) is 17.5 Å². The number of alkyl halides is 3. The van der Waals surface area contributed by atoms with Gasteiger partial charge < -0.3 is 15.0 Å². The predicted octanol–water partition coefficient (Wildman–Crippen LogP) is 4.39. The zero-order valence-electron chi connectivity index (χ0n) is 18.7. The van der Waals surface area contributed by atoms with Crippen LogP contribution in [-0.4, -0.2) is 49.6 Å². The first-order valence-electron chi connectivity index (χ1n) is 11.2. The van der Waals surface area contributed by atoms with E-state index in [1.807, 2.05) is 0 Å².